The van der Waals surface area contributed by atoms with Crippen molar-refractivity contribution in [1.82, 2.24) is 24.4 Å². The first-order valence-corrected chi connectivity index (χ1v) is 15.4. The Kier molecular flexibility index (Phi) is 7.61. The molecule has 1 aliphatic heterocycles. The summed E-state index contributed by atoms with van der Waals surface area (Å²) in [5, 5.41) is 0. The standard InChI is InChI=1S/C35H43N7O2/c1-34(2,3)24-15-13-23(14-16-24)31-37-25-9-7-10-26(29(25)38-31)41-19-17-40(18-20-41)21-22-44-28-12-8-11-27-30(28)39-33(36)42(27)32(43)35(4,5)6/h7-16H,17-22H2,1-6H3,(H2,36,39)(H,37,38). The number of ether oxygens (including phenoxy) is 1. The summed E-state index contributed by atoms with van der Waals surface area (Å²) in [5.74, 6) is 1.63. The third kappa shape index (κ3) is 5.76. The van der Waals surface area contributed by atoms with Crippen LogP contribution in [0.1, 0.15) is 51.9 Å². The lowest BCUT2D eigenvalue weighted by atomic mass is 9.87. The van der Waals surface area contributed by atoms with E-state index in [-0.39, 0.29) is 17.3 Å². The first kappa shape index (κ1) is 29.7. The zero-order valence-electron chi connectivity index (χ0n) is 26.6. The fourth-order valence-electron chi connectivity index (χ4n) is 5.79. The summed E-state index contributed by atoms with van der Waals surface area (Å²) in [6.45, 7) is 17.3. The number of nitrogen functional groups attached to an aromatic ring is 1. The van der Waals surface area contributed by atoms with Crippen LogP contribution < -0.4 is 15.4 Å². The number of H-pyrrole nitrogens is 1. The predicted molar refractivity (Wildman–Crippen MR) is 179 cm³/mol. The van der Waals surface area contributed by atoms with Gasteiger partial charge in [0.25, 0.3) is 0 Å². The van der Waals surface area contributed by atoms with Gasteiger partial charge in [0.2, 0.25) is 11.9 Å². The summed E-state index contributed by atoms with van der Waals surface area (Å²) in [6, 6.07) is 20.7. The Labute approximate surface area is 259 Å². The van der Waals surface area contributed by atoms with Gasteiger partial charge in [0.05, 0.1) is 16.7 Å². The van der Waals surface area contributed by atoms with E-state index in [0.29, 0.717) is 23.4 Å². The van der Waals surface area contributed by atoms with E-state index in [0.717, 1.165) is 60.8 Å². The molecule has 0 radical (unpaired) electrons. The molecule has 9 nitrogen and oxygen atoms in total. The number of aromatic amines is 1. The molecule has 0 unspecified atom stereocenters. The van der Waals surface area contributed by atoms with Gasteiger partial charge in [0.15, 0.2) is 0 Å². The monoisotopic (exact) mass is 593 g/mol. The molecule has 1 saturated heterocycles. The second-order valence-electron chi connectivity index (χ2n) is 13.7. The van der Waals surface area contributed by atoms with Crippen molar-refractivity contribution in [2.45, 2.75) is 47.0 Å². The maximum atomic E-state index is 13.0. The van der Waals surface area contributed by atoms with Gasteiger partial charge in [-0.25, -0.2) is 14.5 Å². The SMILES string of the molecule is CC(C)(C)C(=O)n1c(N)nc2c(OCCN3CCN(c4cccc5[nH]c(-c6ccc(C(C)(C)C)cc6)nc45)CC3)cccc21. The van der Waals surface area contributed by atoms with Crippen molar-refractivity contribution in [2.75, 3.05) is 50.0 Å². The van der Waals surface area contributed by atoms with Crippen molar-refractivity contribution in [3.05, 3.63) is 66.2 Å². The maximum Gasteiger partial charge on any atom is 0.239 e. The number of benzene rings is 3. The van der Waals surface area contributed by atoms with Gasteiger partial charge in [-0.1, -0.05) is 77.9 Å². The number of hydrogen-bond donors (Lipinski definition) is 2. The van der Waals surface area contributed by atoms with Gasteiger partial charge < -0.3 is 20.4 Å². The predicted octanol–water partition coefficient (Wildman–Crippen LogP) is 6.35. The highest BCUT2D eigenvalue weighted by Crippen LogP contribution is 2.32. The van der Waals surface area contributed by atoms with Gasteiger partial charge in [-0.3, -0.25) is 9.69 Å². The number of imidazole rings is 2. The first-order valence-electron chi connectivity index (χ1n) is 15.4. The van der Waals surface area contributed by atoms with Gasteiger partial charge in [-0.15, -0.1) is 0 Å². The molecule has 0 aliphatic carbocycles. The Hall–Kier alpha value is -4.37. The van der Waals surface area contributed by atoms with Crippen LogP contribution in [0.25, 0.3) is 33.5 Å². The largest absolute Gasteiger partial charge is 0.490 e. The quantitative estimate of drug-likeness (QED) is 0.236. The van der Waals surface area contributed by atoms with E-state index < -0.39 is 5.41 Å². The highest BCUT2D eigenvalue weighted by Gasteiger charge is 2.28. The minimum Gasteiger partial charge on any atom is -0.490 e. The van der Waals surface area contributed by atoms with Crippen LogP contribution >= 0.6 is 0 Å². The van der Waals surface area contributed by atoms with E-state index in [4.69, 9.17) is 15.5 Å². The van der Waals surface area contributed by atoms with Crippen LogP contribution in [0.15, 0.2) is 60.7 Å². The Morgan fingerprint density at radius 3 is 2.27 bits per heavy atom. The first-order chi connectivity index (χ1) is 20.9. The molecule has 1 aliphatic rings. The number of anilines is 2. The van der Waals surface area contributed by atoms with Crippen LogP contribution in [0.5, 0.6) is 5.75 Å². The number of carbonyl (C=O) groups is 1. The second kappa shape index (κ2) is 11.3. The zero-order chi connectivity index (χ0) is 31.2. The number of para-hydroxylation sites is 2. The summed E-state index contributed by atoms with van der Waals surface area (Å²) >= 11 is 0. The third-order valence-electron chi connectivity index (χ3n) is 8.41. The third-order valence-corrected chi connectivity index (χ3v) is 8.41. The molecule has 230 valence electrons. The van der Waals surface area contributed by atoms with Gasteiger partial charge in [0.1, 0.15) is 29.2 Å². The number of nitrogens with two attached hydrogens (primary N) is 1. The van der Waals surface area contributed by atoms with Gasteiger partial charge >= 0.3 is 0 Å². The van der Waals surface area contributed by atoms with Crippen LogP contribution in [-0.2, 0) is 5.41 Å². The molecule has 0 amide bonds. The number of rotatable bonds is 6. The number of nitrogens with one attached hydrogen (secondary N) is 1. The summed E-state index contributed by atoms with van der Waals surface area (Å²) in [4.78, 5) is 30.9. The van der Waals surface area contributed by atoms with Crippen LogP contribution in [0.2, 0.25) is 0 Å². The molecule has 3 N–H and O–H groups in total. The molecule has 0 bridgehead atoms. The van der Waals surface area contributed by atoms with E-state index in [1.165, 1.54) is 10.1 Å². The van der Waals surface area contributed by atoms with Crippen LogP contribution in [0.3, 0.4) is 0 Å². The smallest absolute Gasteiger partial charge is 0.239 e. The average molecular weight is 594 g/mol. The molecule has 5 aromatic rings. The lowest BCUT2D eigenvalue weighted by molar-refractivity contribution is 0.0775. The molecule has 1 fully saturated rings. The summed E-state index contributed by atoms with van der Waals surface area (Å²) in [5.41, 5.74) is 12.6. The van der Waals surface area contributed by atoms with E-state index >= 15 is 0 Å². The maximum absolute atomic E-state index is 13.0. The van der Waals surface area contributed by atoms with E-state index in [2.05, 4.69) is 83.0 Å². The topological polar surface area (TPSA) is 105 Å². The minimum atomic E-state index is -0.579. The number of nitrogens with zero attached hydrogens (tertiary/aromatic N) is 5. The van der Waals surface area contributed by atoms with E-state index in [1.54, 1.807) is 0 Å². The molecular weight excluding hydrogens is 550 g/mol. The number of aromatic nitrogens is 4. The Morgan fingerprint density at radius 1 is 0.886 bits per heavy atom. The Balaban J connectivity index is 1.09. The van der Waals surface area contributed by atoms with Crippen LogP contribution in [0, 0.1) is 5.41 Å². The lowest BCUT2D eigenvalue weighted by Gasteiger charge is -2.36. The van der Waals surface area contributed by atoms with Crippen LogP contribution in [0.4, 0.5) is 11.6 Å². The Bertz CT molecular complexity index is 1800. The zero-order valence-corrected chi connectivity index (χ0v) is 26.6. The molecule has 44 heavy (non-hydrogen) atoms. The molecule has 0 spiro atoms. The summed E-state index contributed by atoms with van der Waals surface area (Å²) < 4.78 is 7.68. The van der Waals surface area contributed by atoms with Gasteiger partial charge in [-0.05, 0) is 35.2 Å². The number of fused-ring (bicyclic) bond motifs is 2. The normalized spacial score (nSPS) is 14.9. The highest BCUT2D eigenvalue weighted by atomic mass is 16.5. The molecule has 3 aromatic carbocycles. The number of hydrogen-bond acceptors (Lipinski definition) is 7. The summed E-state index contributed by atoms with van der Waals surface area (Å²) in [7, 11) is 0. The molecule has 6 rings (SSSR count). The second-order valence-corrected chi connectivity index (χ2v) is 13.7. The Morgan fingerprint density at radius 2 is 1.59 bits per heavy atom. The van der Waals surface area contributed by atoms with Crippen LogP contribution in [-0.4, -0.2) is 69.7 Å². The lowest BCUT2D eigenvalue weighted by Crippen LogP contribution is -2.47. The minimum absolute atomic E-state index is 0.0935. The van der Waals surface area contributed by atoms with Gasteiger partial charge in [0, 0.05) is 43.7 Å². The van der Waals surface area contributed by atoms with Crippen molar-refractivity contribution in [3.63, 3.8) is 0 Å². The van der Waals surface area contributed by atoms with Crippen molar-refractivity contribution in [2.24, 2.45) is 5.41 Å². The average Bonchev–Trinajstić information content (AvgIpc) is 3.57. The van der Waals surface area contributed by atoms with Crippen molar-refractivity contribution < 1.29 is 9.53 Å². The molecular formula is C35H43N7O2. The van der Waals surface area contributed by atoms with Crippen molar-refractivity contribution >= 4 is 39.6 Å². The fourth-order valence-corrected chi connectivity index (χ4v) is 5.79. The highest BCUT2D eigenvalue weighted by molar-refractivity contribution is 5.97. The van der Waals surface area contributed by atoms with E-state index in [9.17, 15) is 4.79 Å². The molecule has 9 heteroatoms. The molecule has 2 aromatic heterocycles. The molecule has 0 saturated carbocycles. The number of carbonyl (C=O) groups excluding carboxylic acids is 1. The van der Waals surface area contributed by atoms with Gasteiger partial charge in [-0.2, -0.15) is 0 Å². The summed E-state index contributed by atoms with van der Waals surface area (Å²) in [6.07, 6.45) is 0. The molecule has 3 heterocycles. The fraction of sp³-hybridized carbons (Fsp3) is 0.400. The molecule has 0 atom stereocenters. The van der Waals surface area contributed by atoms with Crippen molar-refractivity contribution in [3.8, 4) is 17.1 Å². The number of piperazine rings is 1. The van der Waals surface area contributed by atoms with E-state index in [1.807, 2.05) is 39.0 Å². The van der Waals surface area contributed by atoms with Crippen molar-refractivity contribution in [1.29, 1.82) is 0 Å².